The molecule has 0 unspecified atom stereocenters. The fourth-order valence-corrected chi connectivity index (χ4v) is 3.60. The number of carbonyl (C=O) groups excluding carboxylic acids is 1. The van der Waals surface area contributed by atoms with E-state index in [-0.39, 0.29) is 18.0 Å². The van der Waals surface area contributed by atoms with E-state index >= 15 is 0 Å². The zero-order chi connectivity index (χ0) is 19.4. The first kappa shape index (κ1) is 19.2. The zero-order valence-corrected chi connectivity index (χ0v) is 15.8. The van der Waals surface area contributed by atoms with Crippen LogP contribution in [0.15, 0.2) is 54.6 Å². The van der Waals surface area contributed by atoms with Crippen LogP contribution in [0.4, 0.5) is 0 Å². The van der Waals surface area contributed by atoms with Crippen molar-refractivity contribution in [3.05, 3.63) is 60.2 Å². The summed E-state index contributed by atoms with van der Waals surface area (Å²) >= 11 is 0. The second-order valence-corrected chi connectivity index (χ2v) is 6.96. The third-order valence-corrected chi connectivity index (χ3v) is 4.90. The molecule has 1 aliphatic carbocycles. The van der Waals surface area contributed by atoms with E-state index in [0.29, 0.717) is 23.5 Å². The lowest BCUT2D eigenvalue weighted by atomic mass is 10.1. The predicted molar refractivity (Wildman–Crippen MR) is 103 cm³/mol. The van der Waals surface area contributed by atoms with Gasteiger partial charge in [0.2, 0.25) is 0 Å². The summed E-state index contributed by atoms with van der Waals surface area (Å²) < 4.78 is 11.2. The molecular formula is C21H26N2O4. The van der Waals surface area contributed by atoms with Crippen LogP contribution in [0.2, 0.25) is 0 Å². The molecule has 0 radical (unpaired) electrons. The largest absolute Gasteiger partial charge is 0.497 e. The molecule has 6 nitrogen and oxygen atoms in total. The molecule has 3 rings (SSSR count). The van der Waals surface area contributed by atoms with Crippen molar-refractivity contribution in [1.82, 2.24) is 10.2 Å². The third kappa shape index (κ3) is 4.40. The minimum atomic E-state index is -0.712. The second-order valence-electron chi connectivity index (χ2n) is 6.96. The average Bonchev–Trinajstić information content (AvgIpc) is 2.97. The number of amides is 1. The first-order chi connectivity index (χ1) is 13.0. The summed E-state index contributed by atoms with van der Waals surface area (Å²) in [6, 6.07) is 16.0. The quantitative estimate of drug-likeness (QED) is 0.813. The van der Waals surface area contributed by atoms with Crippen molar-refractivity contribution >= 4 is 5.91 Å². The number of methoxy groups -OCH3 is 1. The molecule has 2 aromatic rings. The molecule has 0 spiro atoms. The molecule has 1 fully saturated rings. The number of nitrogens with one attached hydrogen (secondary N) is 1. The van der Waals surface area contributed by atoms with Crippen LogP contribution >= 0.6 is 0 Å². The van der Waals surface area contributed by atoms with Crippen molar-refractivity contribution in [2.75, 3.05) is 21.2 Å². The Labute approximate surface area is 159 Å². The van der Waals surface area contributed by atoms with Crippen LogP contribution in [0.25, 0.3) is 0 Å². The van der Waals surface area contributed by atoms with Gasteiger partial charge in [0.1, 0.15) is 23.7 Å². The number of nitrogens with zero attached hydrogens (tertiary/aromatic N) is 1. The van der Waals surface area contributed by atoms with Gasteiger partial charge in [-0.05, 0) is 44.4 Å². The SMILES string of the molecule is COc1cccc(C(=O)N[C@@H]2C[C@@H](Oc3ccccc3)[C@H](O)[C@H]2N(C)C)c1. The van der Waals surface area contributed by atoms with Gasteiger partial charge >= 0.3 is 0 Å². The number of benzene rings is 2. The van der Waals surface area contributed by atoms with E-state index < -0.39 is 12.2 Å². The van der Waals surface area contributed by atoms with Gasteiger partial charge in [-0.3, -0.25) is 4.79 Å². The van der Waals surface area contributed by atoms with Crippen LogP contribution in [0.3, 0.4) is 0 Å². The summed E-state index contributed by atoms with van der Waals surface area (Å²) in [5, 5.41) is 13.8. The van der Waals surface area contributed by atoms with Gasteiger partial charge in [0, 0.05) is 12.0 Å². The Hall–Kier alpha value is -2.57. The standard InChI is InChI=1S/C21H26N2O4/c1-23(2)19-17(22-21(25)14-8-7-11-16(12-14)26-3)13-18(20(19)24)27-15-9-5-4-6-10-15/h4-12,17-20,24H,13H2,1-3H3,(H,22,25)/t17-,18-,19+,20+/m1/s1. The molecule has 144 valence electrons. The number of aliphatic hydroxyl groups is 1. The lowest BCUT2D eigenvalue weighted by Gasteiger charge is -2.29. The number of hydrogen-bond donors (Lipinski definition) is 2. The highest BCUT2D eigenvalue weighted by Gasteiger charge is 2.45. The van der Waals surface area contributed by atoms with E-state index in [9.17, 15) is 9.90 Å². The molecule has 1 aliphatic rings. The molecule has 4 atom stereocenters. The molecular weight excluding hydrogens is 344 g/mol. The molecule has 0 aliphatic heterocycles. The van der Waals surface area contributed by atoms with Gasteiger partial charge < -0.3 is 24.8 Å². The van der Waals surface area contributed by atoms with Gasteiger partial charge in [-0.2, -0.15) is 0 Å². The molecule has 2 aromatic carbocycles. The van der Waals surface area contributed by atoms with Crippen molar-refractivity contribution in [2.24, 2.45) is 0 Å². The van der Waals surface area contributed by atoms with Crippen molar-refractivity contribution in [3.63, 3.8) is 0 Å². The number of carbonyl (C=O) groups is 1. The van der Waals surface area contributed by atoms with E-state index in [1.807, 2.05) is 49.3 Å². The summed E-state index contributed by atoms with van der Waals surface area (Å²) in [5.41, 5.74) is 0.522. The average molecular weight is 370 g/mol. The highest BCUT2D eigenvalue weighted by Crippen LogP contribution is 2.28. The number of rotatable bonds is 6. The maximum Gasteiger partial charge on any atom is 0.251 e. The Morgan fingerprint density at radius 1 is 1.11 bits per heavy atom. The zero-order valence-electron chi connectivity index (χ0n) is 15.8. The minimum absolute atomic E-state index is 0.196. The fourth-order valence-electron chi connectivity index (χ4n) is 3.60. The fraction of sp³-hybridized carbons (Fsp3) is 0.381. The Morgan fingerprint density at radius 2 is 1.81 bits per heavy atom. The summed E-state index contributed by atoms with van der Waals surface area (Å²) in [6.45, 7) is 0. The number of aliphatic hydroxyl groups excluding tert-OH is 1. The van der Waals surface area contributed by atoms with Crippen molar-refractivity contribution in [3.8, 4) is 11.5 Å². The van der Waals surface area contributed by atoms with Crippen LogP contribution in [0.5, 0.6) is 11.5 Å². The number of para-hydroxylation sites is 1. The lowest BCUT2D eigenvalue weighted by molar-refractivity contribution is 0.0210. The smallest absolute Gasteiger partial charge is 0.251 e. The highest BCUT2D eigenvalue weighted by atomic mass is 16.5. The van der Waals surface area contributed by atoms with Crippen LogP contribution in [-0.4, -0.2) is 61.4 Å². The van der Waals surface area contributed by atoms with Crippen LogP contribution in [0, 0.1) is 0 Å². The van der Waals surface area contributed by atoms with E-state index in [0.717, 1.165) is 0 Å². The highest BCUT2D eigenvalue weighted by molar-refractivity contribution is 5.94. The normalized spacial score (nSPS) is 24.6. The van der Waals surface area contributed by atoms with Gasteiger partial charge in [0.05, 0.1) is 19.2 Å². The number of hydrogen-bond acceptors (Lipinski definition) is 5. The van der Waals surface area contributed by atoms with Crippen LogP contribution in [-0.2, 0) is 0 Å². The second kappa shape index (κ2) is 8.41. The topological polar surface area (TPSA) is 71.0 Å². The minimum Gasteiger partial charge on any atom is -0.497 e. The summed E-state index contributed by atoms with van der Waals surface area (Å²) in [4.78, 5) is 14.6. The van der Waals surface area contributed by atoms with Crippen molar-refractivity contribution in [2.45, 2.75) is 30.7 Å². The Balaban J connectivity index is 1.73. The molecule has 27 heavy (non-hydrogen) atoms. The van der Waals surface area contributed by atoms with Crippen molar-refractivity contribution < 1.29 is 19.4 Å². The Morgan fingerprint density at radius 3 is 2.48 bits per heavy atom. The van der Waals surface area contributed by atoms with Gasteiger partial charge in [-0.25, -0.2) is 0 Å². The van der Waals surface area contributed by atoms with E-state index in [1.165, 1.54) is 0 Å². The van der Waals surface area contributed by atoms with Gasteiger partial charge in [-0.1, -0.05) is 24.3 Å². The first-order valence-electron chi connectivity index (χ1n) is 9.00. The molecule has 1 saturated carbocycles. The monoisotopic (exact) mass is 370 g/mol. The number of ether oxygens (including phenoxy) is 2. The summed E-state index contributed by atoms with van der Waals surface area (Å²) in [6.07, 6.45) is -0.583. The molecule has 0 aromatic heterocycles. The third-order valence-electron chi connectivity index (χ3n) is 4.90. The molecule has 0 heterocycles. The van der Waals surface area contributed by atoms with Gasteiger partial charge in [-0.15, -0.1) is 0 Å². The van der Waals surface area contributed by atoms with E-state index in [4.69, 9.17) is 9.47 Å². The van der Waals surface area contributed by atoms with E-state index in [2.05, 4.69) is 5.32 Å². The maximum atomic E-state index is 12.7. The Bertz CT molecular complexity index is 766. The van der Waals surface area contributed by atoms with Crippen LogP contribution in [0.1, 0.15) is 16.8 Å². The predicted octanol–water partition coefficient (Wildman–Crippen LogP) is 1.94. The van der Waals surface area contributed by atoms with Gasteiger partial charge in [0.15, 0.2) is 0 Å². The molecule has 2 N–H and O–H groups in total. The summed E-state index contributed by atoms with van der Waals surface area (Å²) in [5.74, 6) is 1.14. The molecule has 0 saturated heterocycles. The first-order valence-corrected chi connectivity index (χ1v) is 9.00. The lowest BCUT2D eigenvalue weighted by Crippen LogP contribution is -2.50. The molecule has 1 amide bonds. The Kier molecular flexibility index (Phi) is 5.98. The van der Waals surface area contributed by atoms with Crippen molar-refractivity contribution in [1.29, 1.82) is 0 Å². The molecule has 0 bridgehead atoms. The van der Waals surface area contributed by atoms with E-state index in [1.54, 1.807) is 31.4 Å². The maximum absolute atomic E-state index is 12.7. The van der Waals surface area contributed by atoms with Crippen LogP contribution < -0.4 is 14.8 Å². The number of likely N-dealkylation sites (N-methyl/N-ethyl adjacent to an activating group) is 1. The summed E-state index contributed by atoms with van der Waals surface area (Å²) in [7, 11) is 5.35. The van der Waals surface area contributed by atoms with Gasteiger partial charge in [0.25, 0.3) is 5.91 Å². The molecule has 6 heteroatoms.